The number of aromatic nitrogens is 2. The SMILES string of the molecule is CC1CCC(C(C)C)c2[nH]nc(-c3ccc(Br)cc3)c21. The van der Waals surface area contributed by atoms with E-state index in [2.05, 4.69) is 71.2 Å². The molecule has 1 N–H and O–H groups in total. The fourth-order valence-corrected chi connectivity index (χ4v) is 3.62. The second-order valence-corrected chi connectivity index (χ2v) is 7.15. The number of benzene rings is 1. The fourth-order valence-electron chi connectivity index (χ4n) is 3.36. The number of halogens is 1. The van der Waals surface area contributed by atoms with Gasteiger partial charge in [0, 0.05) is 27.2 Å². The summed E-state index contributed by atoms with van der Waals surface area (Å²) >= 11 is 3.50. The molecule has 0 radical (unpaired) electrons. The van der Waals surface area contributed by atoms with E-state index in [9.17, 15) is 0 Å². The van der Waals surface area contributed by atoms with Gasteiger partial charge in [0.1, 0.15) is 0 Å². The van der Waals surface area contributed by atoms with Crippen LogP contribution >= 0.6 is 15.9 Å². The molecule has 0 bridgehead atoms. The molecule has 1 aliphatic rings. The molecule has 2 atom stereocenters. The Bertz CT molecular complexity index is 598. The molecule has 0 saturated carbocycles. The lowest BCUT2D eigenvalue weighted by molar-refractivity contribution is 0.403. The van der Waals surface area contributed by atoms with Crippen molar-refractivity contribution >= 4 is 15.9 Å². The van der Waals surface area contributed by atoms with Crippen molar-refractivity contribution in [2.45, 2.75) is 45.4 Å². The monoisotopic (exact) mass is 332 g/mol. The first kappa shape index (κ1) is 13.9. The highest BCUT2D eigenvalue weighted by atomic mass is 79.9. The standard InChI is InChI=1S/C17H21BrN2/c1-10(2)14-9-4-11(3)15-16(19-20-17(14)15)12-5-7-13(18)8-6-12/h5-8,10-11,14H,4,9H2,1-3H3,(H,19,20). The van der Waals surface area contributed by atoms with E-state index in [1.807, 2.05) is 0 Å². The molecule has 1 aromatic heterocycles. The van der Waals surface area contributed by atoms with E-state index in [1.165, 1.54) is 29.7 Å². The molecule has 1 aromatic carbocycles. The van der Waals surface area contributed by atoms with Crippen molar-refractivity contribution in [3.8, 4) is 11.3 Å². The van der Waals surface area contributed by atoms with E-state index in [-0.39, 0.29) is 0 Å². The molecule has 3 rings (SSSR count). The van der Waals surface area contributed by atoms with Crippen LogP contribution in [0.3, 0.4) is 0 Å². The summed E-state index contributed by atoms with van der Waals surface area (Å²) in [6, 6.07) is 8.46. The Kier molecular flexibility index (Phi) is 3.72. The minimum atomic E-state index is 0.595. The number of nitrogens with one attached hydrogen (secondary N) is 1. The molecule has 0 aliphatic heterocycles. The molecule has 20 heavy (non-hydrogen) atoms. The molecule has 2 aromatic rings. The highest BCUT2D eigenvalue weighted by molar-refractivity contribution is 9.10. The number of H-pyrrole nitrogens is 1. The summed E-state index contributed by atoms with van der Waals surface area (Å²) in [5, 5.41) is 7.98. The highest BCUT2D eigenvalue weighted by Crippen LogP contribution is 2.44. The second-order valence-electron chi connectivity index (χ2n) is 6.24. The van der Waals surface area contributed by atoms with Gasteiger partial charge >= 0.3 is 0 Å². The van der Waals surface area contributed by atoms with Gasteiger partial charge in [-0.25, -0.2) is 0 Å². The first-order valence-corrected chi connectivity index (χ1v) is 8.21. The van der Waals surface area contributed by atoms with Gasteiger partial charge in [-0.3, -0.25) is 5.10 Å². The summed E-state index contributed by atoms with van der Waals surface area (Å²) in [5.74, 6) is 1.88. The summed E-state index contributed by atoms with van der Waals surface area (Å²) in [6.07, 6.45) is 2.53. The predicted octanol–water partition coefficient (Wildman–Crippen LogP) is 5.48. The van der Waals surface area contributed by atoms with Gasteiger partial charge in [-0.1, -0.05) is 48.8 Å². The maximum absolute atomic E-state index is 4.64. The average Bonchev–Trinajstić information content (AvgIpc) is 2.85. The van der Waals surface area contributed by atoms with E-state index in [1.54, 1.807) is 0 Å². The number of nitrogens with zero attached hydrogens (tertiary/aromatic N) is 1. The summed E-state index contributed by atoms with van der Waals surface area (Å²) < 4.78 is 1.11. The van der Waals surface area contributed by atoms with E-state index < -0.39 is 0 Å². The maximum Gasteiger partial charge on any atom is 0.0958 e. The number of aromatic amines is 1. The van der Waals surface area contributed by atoms with Crippen LogP contribution in [0.25, 0.3) is 11.3 Å². The minimum Gasteiger partial charge on any atom is -0.281 e. The Labute approximate surface area is 129 Å². The third kappa shape index (κ3) is 2.32. The third-order valence-corrected chi connectivity index (χ3v) is 5.06. The quantitative estimate of drug-likeness (QED) is 0.775. The van der Waals surface area contributed by atoms with Crippen molar-refractivity contribution in [3.63, 3.8) is 0 Å². The molecule has 1 heterocycles. The van der Waals surface area contributed by atoms with E-state index in [0.29, 0.717) is 17.8 Å². The molecular formula is C17H21BrN2. The van der Waals surface area contributed by atoms with Gasteiger partial charge in [0.05, 0.1) is 5.69 Å². The molecule has 0 fully saturated rings. The predicted molar refractivity (Wildman–Crippen MR) is 87.0 cm³/mol. The van der Waals surface area contributed by atoms with Gasteiger partial charge in [-0.15, -0.1) is 0 Å². The molecule has 2 unspecified atom stereocenters. The van der Waals surface area contributed by atoms with E-state index in [4.69, 9.17) is 0 Å². The molecule has 106 valence electrons. The summed E-state index contributed by atoms with van der Waals surface area (Å²) in [6.45, 7) is 6.95. The summed E-state index contributed by atoms with van der Waals surface area (Å²) in [4.78, 5) is 0. The Morgan fingerprint density at radius 3 is 2.55 bits per heavy atom. The molecule has 0 spiro atoms. The van der Waals surface area contributed by atoms with Gasteiger partial charge in [0.15, 0.2) is 0 Å². The lowest BCUT2D eigenvalue weighted by atomic mass is 9.75. The smallest absolute Gasteiger partial charge is 0.0958 e. The number of rotatable bonds is 2. The van der Waals surface area contributed by atoms with E-state index >= 15 is 0 Å². The largest absolute Gasteiger partial charge is 0.281 e. The van der Waals surface area contributed by atoms with Crippen LogP contribution in [-0.2, 0) is 0 Å². The van der Waals surface area contributed by atoms with Crippen LogP contribution < -0.4 is 0 Å². The van der Waals surface area contributed by atoms with Crippen molar-refractivity contribution in [1.29, 1.82) is 0 Å². The van der Waals surface area contributed by atoms with Crippen molar-refractivity contribution in [2.75, 3.05) is 0 Å². The van der Waals surface area contributed by atoms with E-state index in [0.717, 1.165) is 10.2 Å². The molecule has 0 amide bonds. The zero-order valence-corrected chi connectivity index (χ0v) is 13.9. The van der Waals surface area contributed by atoms with Crippen LogP contribution in [0.15, 0.2) is 28.7 Å². The van der Waals surface area contributed by atoms with Gasteiger partial charge in [0.25, 0.3) is 0 Å². The Balaban J connectivity index is 2.08. The van der Waals surface area contributed by atoms with Crippen molar-refractivity contribution in [1.82, 2.24) is 10.2 Å². The Morgan fingerprint density at radius 1 is 1.20 bits per heavy atom. The molecule has 3 heteroatoms. The van der Waals surface area contributed by atoms with Crippen LogP contribution in [0, 0.1) is 5.92 Å². The summed E-state index contributed by atoms with van der Waals surface area (Å²) in [5.41, 5.74) is 5.17. The normalized spacial score (nSPS) is 22.1. The van der Waals surface area contributed by atoms with Crippen LogP contribution in [0.1, 0.15) is 56.7 Å². The third-order valence-electron chi connectivity index (χ3n) is 4.53. The fraction of sp³-hybridized carbons (Fsp3) is 0.471. The number of fused-ring (bicyclic) bond motifs is 1. The van der Waals surface area contributed by atoms with Gasteiger partial charge < -0.3 is 0 Å². The van der Waals surface area contributed by atoms with Crippen molar-refractivity contribution < 1.29 is 0 Å². The zero-order chi connectivity index (χ0) is 14.3. The Morgan fingerprint density at radius 2 is 1.90 bits per heavy atom. The van der Waals surface area contributed by atoms with Crippen LogP contribution in [0.4, 0.5) is 0 Å². The lowest BCUT2D eigenvalue weighted by Crippen LogP contribution is -2.16. The molecular weight excluding hydrogens is 312 g/mol. The van der Waals surface area contributed by atoms with Crippen molar-refractivity contribution in [2.24, 2.45) is 5.92 Å². The van der Waals surface area contributed by atoms with Crippen LogP contribution in [0.5, 0.6) is 0 Å². The molecule has 2 nitrogen and oxygen atoms in total. The Hall–Kier alpha value is -1.09. The average molecular weight is 333 g/mol. The number of hydrogen-bond acceptors (Lipinski definition) is 1. The van der Waals surface area contributed by atoms with Crippen LogP contribution in [0.2, 0.25) is 0 Å². The van der Waals surface area contributed by atoms with Crippen LogP contribution in [-0.4, -0.2) is 10.2 Å². The summed E-state index contributed by atoms with van der Waals surface area (Å²) in [7, 11) is 0. The van der Waals surface area contributed by atoms with Crippen molar-refractivity contribution in [3.05, 3.63) is 40.0 Å². The molecule has 1 aliphatic carbocycles. The molecule has 0 saturated heterocycles. The second kappa shape index (κ2) is 5.36. The maximum atomic E-state index is 4.64. The zero-order valence-electron chi connectivity index (χ0n) is 12.3. The van der Waals surface area contributed by atoms with Gasteiger partial charge in [-0.2, -0.15) is 5.10 Å². The lowest BCUT2D eigenvalue weighted by Gasteiger charge is -2.29. The van der Waals surface area contributed by atoms with Gasteiger partial charge in [0.2, 0.25) is 0 Å². The first-order chi connectivity index (χ1) is 9.58. The highest BCUT2D eigenvalue weighted by Gasteiger charge is 2.31. The van der Waals surface area contributed by atoms with Gasteiger partial charge in [-0.05, 0) is 36.8 Å². The topological polar surface area (TPSA) is 28.7 Å². The number of hydrogen-bond donors (Lipinski definition) is 1. The minimum absolute atomic E-state index is 0.595. The first-order valence-electron chi connectivity index (χ1n) is 7.42.